The van der Waals surface area contributed by atoms with Gasteiger partial charge in [-0.05, 0) is 39.5 Å². The molecule has 2 heterocycles. The fourth-order valence-electron chi connectivity index (χ4n) is 3.28. The molecule has 0 aromatic heterocycles. The van der Waals surface area contributed by atoms with Crippen molar-refractivity contribution in [1.29, 1.82) is 0 Å². The normalized spacial score (nSPS) is 23.7. The van der Waals surface area contributed by atoms with E-state index in [0.717, 1.165) is 32.7 Å². The number of hydrogen-bond donors (Lipinski definition) is 1. The summed E-state index contributed by atoms with van der Waals surface area (Å²) < 4.78 is 5.43. The molecule has 0 aromatic carbocycles. The highest BCUT2D eigenvalue weighted by Gasteiger charge is 2.25. The Morgan fingerprint density at radius 3 is 2.44 bits per heavy atom. The van der Waals surface area contributed by atoms with E-state index in [1.165, 1.54) is 12.8 Å². The van der Waals surface area contributed by atoms with Gasteiger partial charge in [0.25, 0.3) is 0 Å². The Labute approximate surface area is 152 Å². The number of piperidine rings is 1. The van der Waals surface area contributed by atoms with Crippen molar-refractivity contribution in [2.75, 3.05) is 52.4 Å². The van der Waals surface area contributed by atoms with E-state index in [1.807, 2.05) is 20.8 Å². The molecule has 1 amide bonds. The van der Waals surface area contributed by atoms with E-state index >= 15 is 0 Å². The molecule has 0 saturated carbocycles. The highest BCUT2D eigenvalue weighted by atomic mass is 16.6. The summed E-state index contributed by atoms with van der Waals surface area (Å²) in [5.74, 6) is 1.38. The summed E-state index contributed by atoms with van der Waals surface area (Å²) in [5, 5.41) is 0. The number of piperazine rings is 1. The van der Waals surface area contributed by atoms with E-state index in [1.54, 1.807) is 4.90 Å². The van der Waals surface area contributed by atoms with Crippen molar-refractivity contribution >= 4 is 12.1 Å². The second kappa shape index (κ2) is 8.74. The molecule has 1 unspecified atom stereocenters. The predicted molar refractivity (Wildman–Crippen MR) is 101 cm³/mol. The second-order valence-corrected chi connectivity index (χ2v) is 8.24. The van der Waals surface area contributed by atoms with Crippen LogP contribution in [-0.4, -0.2) is 84.7 Å². The number of hydrogen-bond acceptors (Lipinski definition) is 4. The van der Waals surface area contributed by atoms with Crippen LogP contribution in [0.25, 0.3) is 0 Å². The Morgan fingerprint density at radius 1 is 1.16 bits per heavy atom. The van der Waals surface area contributed by atoms with Gasteiger partial charge in [0.15, 0.2) is 5.96 Å². The molecule has 2 rings (SSSR count). The summed E-state index contributed by atoms with van der Waals surface area (Å²) in [5.41, 5.74) is 5.70. The lowest BCUT2D eigenvalue weighted by Gasteiger charge is -2.35. The maximum Gasteiger partial charge on any atom is 0.410 e. The molecule has 1 atom stereocenters. The van der Waals surface area contributed by atoms with Gasteiger partial charge in [-0.3, -0.25) is 9.89 Å². The van der Waals surface area contributed by atoms with Gasteiger partial charge in [-0.2, -0.15) is 0 Å². The quantitative estimate of drug-likeness (QED) is 0.616. The Hall–Kier alpha value is -1.50. The van der Waals surface area contributed by atoms with E-state index < -0.39 is 5.60 Å². The number of likely N-dealkylation sites (tertiary alicyclic amines) is 1. The summed E-state index contributed by atoms with van der Waals surface area (Å²) in [6, 6.07) is 0. The zero-order valence-corrected chi connectivity index (χ0v) is 16.3. The summed E-state index contributed by atoms with van der Waals surface area (Å²) in [6.07, 6.45) is 2.27. The van der Waals surface area contributed by atoms with Crippen LogP contribution < -0.4 is 5.73 Å². The summed E-state index contributed by atoms with van der Waals surface area (Å²) >= 11 is 0. The molecule has 0 spiro atoms. The van der Waals surface area contributed by atoms with E-state index in [9.17, 15) is 4.79 Å². The summed E-state index contributed by atoms with van der Waals surface area (Å²) in [4.78, 5) is 22.9. The molecule has 144 valence electrons. The van der Waals surface area contributed by atoms with Crippen molar-refractivity contribution in [3.63, 3.8) is 0 Å². The molecule has 0 bridgehead atoms. The van der Waals surface area contributed by atoms with Crippen molar-refractivity contribution in [3.8, 4) is 0 Å². The smallest absolute Gasteiger partial charge is 0.410 e. The highest BCUT2D eigenvalue weighted by Crippen LogP contribution is 2.15. The highest BCUT2D eigenvalue weighted by molar-refractivity contribution is 5.78. The molecule has 0 aliphatic carbocycles. The van der Waals surface area contributed by atoms with Crippen LogP contribution in [0.2, 0.25) is 0 Å². The maximum atomic E-state index is 12.1. The molecule has 0 radical (unpaired) electrons. The average Bonchev–Trinajstić information content (AvgIpc) is 2.53. The number of amides is 1. The summed E-state index contributed by atoms with van der Waals surface area (Å²) in [6.45, 7) is 14.7. The molecule has 2 fully saturated rings. The second-order valence-electron chi connectivity index (χ2n) is 8.24. The third-order valence-electron chi connectivity index (χ3n) is 4.70. The number of carbonyl (C=O) groups is 1. The molecule has 0 aromatic rings. The first-order valence-electron chi connectivity index (χ1n) is 9.50. The van der Waals surface area contributed by atoms with Gasteiger partial charge in [0.1, 0.15) is 5.60 Å². The Bertz CT molecular complexity index is 467. The molecule has 2 N–H and O–H groups in total. The minimum absolute atomic E-state index is 0.214. The molecule has 7 heteroatoms. The van der Waals surface area contributed by atoms with Crippen LogP contribution in [0.5, 0.6) is 0 Å². The number of carbonyl (C=O) groups excluding carboxylic acids is 1. The van der Waals surface area contributed by atoms with Crippen LogP contribution in [-0.2, 0) is 4.74 Å². The number of guanidine groups is 1. The predicted octanol–water partition coefficient (Wildman–Crippen LogP) is 1.59. The third kappa shape index (κ3) is 6.72. The van der Waals surface area contributed by atoms with Gasteiger partial charge in [-0.1, -0.05) is 6.92 Å². The number of ether oxygens (including phenoxy) is 1. The lowest BCUT2D eigenvalue weighted by Crippen LogP contribution is -2.50. The minimum atomic E-state index is -0.438. The van der Waals surface area contributed by atoms with Gasteiger partial charge in [-0.15, -0.1) is 0 Å². The zero-order valence-electron chi connectivity index (χ0n) is 16.3. The van der Waals surface area contributed by atoms with Crippen LogP contribution in [0.1, 0.15) is 40.5 Å². The lowest BCUT2D eigenvalue weighted by atomic mass is 10.0. The van der Waals surface area contributed by atoms with Crippen LogP contribution >= 0.6 is 0 Å². The van der Waals surface area contributed by atoms with Gasteiger partial charge >= 0.3 is 6.09 Å². The van der Waals surface area contributed by atoms with E-state index in [2.05, 4.69) is 21.7 Å². The summed E-state index contributed by atoms with van der Waals surface area (Å²) in [7, 11) is 0. The third-order valence-corrected chi connectivity index (χ3v) is 4.70. The maximum absolute atomic E-state index is 12.1. The zero-order chi connectivity index (χ0) is 18.4. The van der Waals surface area contributed by atoms with E-state index in [4.69, 9.17) is 10.5 Å². The SMILES string of the molecule is CC1CCCN(C(N)=NCCN2CCN(C(=O)OC(C)(C)C)CC2)C1. The monoisotopic (exact) mass is 353 g/mol. The standard InChI is InChI=1S/C18H35N5O2/c1-15-6-5-8-23(14-15)16(19)20-7-9-21-10-12-22(13-11-21)17(24)25-18(2,3)4/h15H,5-14H2,1-4H3,(H2,19,20). The molecule has 2 aliphatic rings. The van der Waals surface area contributed by atoms with Crippen molar-refractivity contribution in [3.05, 3.63) is 0 Å². The molecule has 7 nitrogen and oxygen atoms in total. The molecule has 2 saturated heterocycles. The Balaban J connectivity index is 1.68. The van der Waals surface area contributed by atoms with Gasteiger partial charge in [0.05, 0.1) is 6.54 Å². The van der Waals surface area contributed by atoms with Crippen molar-refractivity contribution in [2.24, 2.45) is 16.6 Å². The fourth-order valence-corrected chi connectivity index (χ4v) is 3.28. The number of nitrogens with zero attached hydrogens (tertiary/aromatic N) is 4. The Morgan fingerprint density at radius 2 is 1.84 bits per heavy atom. The molecule has 2 aliphatic heterocycles. The van der Waals surface area contributed by atoms with Gasteiger partial charge < -0.3 is 20.3 Å². The lowest BCUT2D eigenvalue weighted by molar-refractivity contribution is 0.0148. The number of rotatable bonds is 3. The van der Waals surface area contributed by atoms with E-state index in [-0.39, 0.29) is 6.09 Å². The first kappa shape index (κ1) is 19.8. The van der Waals surface area contributed by atoms with Gasteiger partial charge in [0.2, 0.25) is 0 Å². The topological polar surface area (TPSA) is 74.4 Å². The molecular formula is C18H35N5O2. The number of aliphatic imine (C=N–C) groups is 1. The van der Waals surface area contributed by atoms with E-state index in [0.29, 0.717) is 31.5 Å². The number of nitrogens with two attached hydrogens (primary N) is 1. The molecular weight excluding hydrogens is 318 g/mol. The van der Waals surface area contributed by atoms with Crippen LogP contribution in [0, 0.1) is 5.92 Å². The molecule has 25 heavy (non-hydrogen) atoms. The van der Waals surface area contributed by atoms with Gasteiger partial charge in [0, 0.05) is 45.8 Å². The first-order chi connectivity index (χ1) is 11.7. The van der Waals surface area contributed by atoms with Crippen molar-refractivity contribution in [2.45, 2.75) is 46.1 Å². The van der Waals surface area contributed by atoms with Crippen LogP contribution in [0.4, 0.5) is 4.79 Å². The Kier molecular flexibility index (Phi) is 6.93. The van der Waals surface area contributed by atoms with Crippen molar-refractivity contribution < 1.29 is 9.53 Å². The van der Waals surface area contributed by atoms with Crippen LogP contribution in [0.3, 0.4) is 0 Å². The first-order valence-corrected chi connectivity index (χ1v) is 9.50. The van der Waals surface area contributed by atoms with Gasteiger partial charge in [-0.25, -0.2) is 4.79 Å². The average molecular weight is 354 g/mol. The fraction of sp³-hybridized carbons (Fsp3) is 0.889. The largest absolute Gasteiger partial charge is 0.444 e. The van der Waals surface area contributed by atoms with Crippen molar-refractivity contribution in [1.82, 2.24) is 14.7 Å². The minimum Gasteiger partial charge on any atom is -0.444 e. The van der Waals surface area contributed by atoms with Crippen LogP contribution in [0.15, 0.2) is 4.99 Å².